The van der Waals surface area contributed by atoms with Crippen molar-refractivity contribution in [3.63, 3.8) is 0 Å². The molecule has 0 bridgehead atoms. The minimum absolute atomic E-state index is 0.0428. The molecule has 2 aromatic carbocycles. The third kappa shape index (κ3) is 8.28. The number of hydrogen-bond donors (Lipinski definition) is 3. The lowest BCUT2D eigenvalue weighted by Gasteiger charge is -2.20. The zero-order valence-electron chi connectivity index (χ0n) is 30.5. The van der Waals surface area contributed by atoms with E-state index in [2.05, 4.69) is 32.4 Å². The fourth-order valence-corrected chi connectivity index (χ4v) is 8.60. The first-order valence-electron chi connectivity index (χ1n) is 18.2. The van der Waals surface area contributed by atoms with E-state index >= 15 is 0 Å². The van der Waals surface area contributed by atoms with Gasteiger partial charge in [-0.2, -0.15) is 4.98 Å². The number of ether oxygens (including phenoxy) is 3. The van der Waals surface area contributed by atoms with E-state index in [0.717, 1.165) is 65.6 Å². The molecule has 0 radical (unpaired) electrons. The number of aromatic nitrogens is 2. The molecule has 284 valence electrons. The van der Waals surface area contributed by atoms with Gasteiger partial charge in [0.1, 0.15) is 11.1 Å². The monoisotopic (exact) mass is 790 g/mol. The fourth-order valence-electron chi connectivity index (χ4n) is 7.69. The highest BCUT2D eigenvalue weighted by atomic mass is 35.5. The number of fused-ring (bicyclic) bond motifs is 1. The Bertz CT molecular complexity index is 2040. The molecule has 2 aromatic heterocycles. The van der Waals surface area contributed by atoms with Crippen molar-refractivity contribution >= 4 is 47.0 Å². The number of nitrogens with one attached hydrogen (secondary N) is 3. The van der Waals surface area contributed by atoms with Gasteiger partial charge in [0, 0.05) is 67.2 Å². The van der Waals surface area contributed by atoms with Crippen molar-refractivity contribution in [2.45, 2.75) is 57.3 Å². The van der Waals surface area contributed by atoms with Gasteiger partial charge in [0.05, 0.1) is 30.9 Å². The topological polar surface area (TPSA) is 127 Å². The Hall–Kier alpha value is -4.07. The lowest BCUT2D eigenvalue weighted by atomic mass is 9.94. The van der Waals surface area contributed by atoms with Gasteiger partial charge in [0.25, 0.3) is 0 Å². The van der Waals surface area contributed by atoms with Gasteiger partial charge < -0.3 is 29.6 Å². The van der Waals surface area contributed by atoms with Crippen LogP contribution in [0.4, 0.5) is 0 Å². The van der Waals surface area contributed by atoms with Crippen LogP contribution in [0, 0.1) is 5.92 Å². The molecule has 2 unspecified atom stereocenters. The minimum atomic E-state index is -0.256. The number of likely N-dealkylation sites (tertiary alicyclic amines) is 1. The molecular formula is C40H44Cl2N6O5S. The van der Waals surface area contributed by atoms with Crippen LogP contribution in [0.15, 0.2) is 54.6 Å². The second-order valence-corrected chi connectivity index (χ2v) is 15.2. The van der Waals surface area contributed by atoms with Crippen LogP contribution >= 0.6 is 35.1 Å². The molecular weight excluding hydrogens is 747 g/mol. The summed E-state index contributed by atoms with van der Waals surface area (Å²) in [7, 11) is 3.21. The second kappa shape index (κ2) is 17.2. The summed E-state index contributed by atoms with van der Waals surface area (Å²) in [5.41, 5.74) is 7.47. The highest BCUT2D eigenvalue weighted by Gasteiger charge is 2.31. The molecule has 4 heterocycles. The lowest BCUT2D eigenvalue weighted by molar-refractivity contribution is -0.122. The predicted molar refractivity (Wildman–Crippen MR) is 212 cm³/mol. The second-order valence-electron chi connectivity index (χ2n) is 13.8. The van der Waals surface area contributed by atoms with E-state index < -0.39 is 0 Å². The first kappa shape index (κ1) is 38.2. The SMILES string of the molecule is COc1nc(-c2cccc(-c3cccc4c3CC[C@@H]4Oc3nc(OC)c(CN4CCC(C(=O)NSC)C4)cc3Cl)c2Cl)ccc1CNCC1CCC(=O)N1. The van der Waals surface area contributed by atoms with E-state index in [4.69, 9.17) is 47.4 Å². The molecule has 0 spiro atoms. The fraction of sp³-hybridized carbons (Fsp3) is 0.400. The highest BCUT2D eigenvalue weighted by molar-refractivity contribution is 7.97. The van der Waals surface area contributed by atoms with E-state index in [9.17, 15) is 9.59 Å². The molecule has 4 aromatic rings. The van der Waals surface area contributed by atoms with Crippen molar-refractivity contribution in [1.82, 2.24) is 30.2 Å². The van der Waals surface area contributed by atoms with E-state index in [1.54, 1.807) is 14.2 Å². The smallest absolute Gasteiger partial charge is 0.236 e. The van der Waals surface area contributed by atoms with Crippen LogP contribution in [0.5, 0.6) is 17.6 Å². The van der Waals surface area contributed by atoms with Crippen LogP contribution in [0.2, 0.25) is 10.0 Å². The number of carbonyl (C=O) groups is 2. The molecule has 2 saturated heterocycles. The van der Waals surface area contributed by atoms with Crippen LogP contribution in [-0.4, -0.2) is 72.8 Å². The van der Waals surface area contributed by atoms with E-state index in [-0.39, 0.29) is 29.9 Å². The van der Waals surface area contributed by atoms with Gasteiger partial charge >= 0.3 is 0 Å². The van der Waals surface area contributed by atoms with E-state index in [1.165, 1.54) is 17.5 Å². The van der Waals surface area contributed by atoms with Gasteiger partial charge in [0.2, 0.25) is 29.5 Å². The number of nitrogens with zero attached hydrogens (tertiary/aromatic N) is 3. The lowest BCUT2D eigenvalue weighted by Crippen LogP contribution is -2.35. The van der Waals surface area contributed by atoms with Crippen molar-refractivity contribution in [2.24, 2.45) is 5.92 Å². The summed E-state index contributed by atoms with van der Waals surface area (Å²) in [6.45, 7) is 3.28. The maximum Gasteiger partial charge on any atom is 0.236 e. The summed E-state index contributed by atoms with van der Waals surface area (Å²) in [4.78, 5) is 35.7. The molecule has 54 heavy (non-hydrogen) atoms. The Labute approximate surface area is 330 Å². The first-order chi connectivity index (χ1) is 26.3. The number of methoxy groups -OCH3 is 2. The van der Waals surface area contributed by atoms with Crippen LogP contribution < -0.4 is 29.6 Å². The summed E-state index contributed by atoms with van der Waals surface area (Å²) < 4.78 is 20.7. The van der Waals surface area contributed by atoms with Crippen LogP contribution in [0.1, 0.15) is 54.0 Å². The zero-order valence-corrected chi connectivity index (χ0v) is 32.9. The molecule has 7 rings (SSSR count). The third-order valence-corrected chi connectivity index (χ3v) is 11.5. The van der Waals surface area contributed by atoms with Crippen molar-refractivity contribution in [3.05, 3.63) is 86.9 Å². The van der Waals surface area contributed by atoms with Gasteiger partial charge in [0.15, 0.2) is 0 Å². The standard InChI is InChI=1S/C40H44Cl2N6O5S/c1-51-38-23(19-43-20-26-11-15-35(49)44-26)10-13-33(45-38)31-9-5-8-30(36(31)42)27-6-4-7-29-28(27)12-14-34(29)53-40-32(41)18-25(39(46-40)52-2)22-48-17-16-24(21-48)37(50)47-54-3/h4-10,13,18,24,26,34,43H,11-12,14-17,19-22H2,1-3H3,(H,44,49)(H,47,50)/t24?,26?,34-/m0/s1. The predicted octanol–water partition coefficient (Wildman–Crippen LogP) is 6.79. The molecule has 11 nitrogen and oxygen atoms in total. The molecule has 0 saturated carbocycles. The van der Waals surface area contributed by atoms with Crippen LogP contribution in [0.3, 0.4) is 0 Å². The van der Waals surface area contributed by atoms with Gasteiger partial charge in [-0.3, -0.25) is 14.5 Å². The number of hydrogen-bond acceptors (Lipinski definition) is 10. The Kier molecular flexibility index (Phi) is 12.1. The van der Waals surface area contributed by atoms with Crippen LogP contribution in [0.25, 0.3) is 22.4 Å². The van der Waals surface area contributed by atoms with Crippen molar-refractivity contribution in [1.29, 1.82) is 0 Å². The molecule has 3 N–H and O–H groups in total. The Morgan fingerprint density at radius 2 is 1.72 bits per heavy atom. The van der Waals surface area contributed by atoms with E-state index in [0.29, 0.717) is 66.0 Å². The summed E-state index contributed by atoms with van der Waals surface area (Å²) in [5.74, 6) is 1.42. The number of carbonyl (C=O) groups excluding carboxylic acids is 2. The van der Waals surface area contributed by atoms with Gasteiger partial charge in [-0.05, 0) is 61.1 Å². The number of halogens is 2. The molecule has 1 aliphatic carbocycles. The number of rotatable bonds is 14. The average Bonchev–Trinajstić information content (AvgIpc) is 3.93. The maximum absolute atomic E-state index is 12.3. The zero-order chi connectivity index (χ0) is 37.8. The Balaban J connectivity index is 1.06. The molecule has 3 aliphatic rings. The average molecular weight is 792 g/mol. The largest absolute Gasteiger partial charge is 0.481 e. The van der Waals surface area contributed by atoms with Crippen molar-refractivity contribution in [3.8, 4) is 40.0 Å². The molecule has 14 heteroatoms. The quantitative estimate of drug-likeness (QED) is 0.118. The summed E-state index contributed by atoms with van der Waals surface area (Å²) in [6.07, 6.45) is 5.36. The maximum atomic E-state index is 12.3. The number of benzene rings is 2. The third-order valence-electron chi connectivity index (χ3n) is 10.4. The summed E-state index contributed by atoms with van der Waals surface area (Å²) in [6, 6.07) is 18.2. The highest BCUT2D eigenvalue weighted by Crippen LogP contribution is 2.45. The Morgan fingerprint density at radius 3 is 2.50 bits per heavy atom. The molecule has 3 atom stereocenters. The molecule has 2 amide bonds. The Morgan fingerprint density at radius 1 is 0.944 bits per heavy atom. The van der Waals surface area contributed by atoms with Gasteiger partial charge in [-0.25, -0.2) is 4.98 Å². The van der Waals surface area contributed by atoms with E-state index in [1.807, 2.05) is 48.7 Å². The van der Waals surface area contributed by atoms with Crippen molar-refractivity contribution in [2.75, 3.05) is 40.1 Å². The minimum Gasteiger partial charge on any atom is -0.481 e. The van der Waals surface area contributed by atoms with Crippen molar-refractivity contribution < 1.29 is 23.8 Å². The molecule has 2 fully saturated rings. The van der Waals surface area contributed by atoms with Gasteiger partial charge in [-0.1, -0.05) is 77.6 Å². The number of amides is 2. The summed E-state index contributed by atoms with van der Waals surface area (Å²) >= 11 is 15.3. The summed E-state index contributed by atoms with van der Waals surface area (Å²) in [5, 5.41) is 7.41. The normalized spacial score (nSPS) is 19.4. The molecule has 2 aliphatic heterocycles. The van der Waals surface area contributed by atoms with Crippen LogP contribution in [-0.2, 0) is 29.1 Å². The van der Waals surface area contributed by atoms with Gasteiger partial charge in [-0.15, -0.1) is 0 Å². The number of pyridine rings is 2. The first-order valence-corrected chi connectivity index (χ1v) is 20.1.